The van der Waals surface area contributed by atoms with Gasteiger partial charge in [-0.2, -0.15) is 0 Å². The summed E-state index contributed by atoms with van der Waals surface area (Å²) in [5.41, 5.74) is 8.22. The molecule has 6 rings (SSSR count). The number of amides is 1. The minimum atomic E-state index is 0.334. The molecule has 1 aromatic rings. The fourth-order valence-corrected chi connectivity index (χ4v) is 7.09. The number of nitrogen functional groups attached to an aromatic ring is 1. The maximum Gasteiger partial charge on any atom is 0.223 e. The predicted molar refractivity (Wildman–Crippen MR) is 110 cm³/mol. The Hall–Kier alpha value is -1.42. The first-order chi connectivity index (χ1) is 13.0. The van der Waals surface area contributed by atoms with Crippen molar-refractivity contribution in [3.8, 4) is 0 Å². The second kappa shape index (κ2) is 6.58. The molecule has 1 aromatic carbocycles. The van der Waals surface area contributed by atoms with E-state index < -0.39 is 0 Å². The number of hydrogen-bond donors (Lipinski definition) is 1. The van der Waals surface area contributed by atoms with Gasteiger partial charge in [0, 0.05) is 37.6 Å². The first-order valence-corrected chi connectivity index (χ1v) is 11.0. The van der Waals surface area contributed by atoms with Gasteiger partial charge in [0.2, 0.25) is 5.91 Å². The molecule has 1 saturated heterocycles. The number of rotatable bonds is 3. The first kappa shape index (κ1) is 17.7. The van der Waals surface area contributed by atoms with Crippen molar-refractivity contribution in [2.24, 2.45) is 23.2 Å². The largest absolute Gasteiger partial charge is 0.397 e. The van der Waals surface area contributed by atoms with Crippen LogP contribution in [-0.2, 0) is 4.79 Å². The molecular weight excluding hydrogens is 358 g/mol. The summed E-state index contributed by atoms with van der Waals surface area (Å²) in [5, 5.41) is 0.708. The van der Waals surface area contributed by atoms with Crippen molar-refractivity contribution < 1.29 is 4.79 Å². The molecule has 0 spiro atoms. The number of benzene rings is 1. The monoisotopic (exact) mass is 387 g/mol. The van der Waals surface area contributed by atoms with Crippen LogP contribution < -0.4 is 10.6 Å². The van der Waals surface area contributed by atoms with E-state index in [1.54, 1.807) is 0 Å². The van der Waals surface area contributed by atoms with Gasteiger partial charge in [-0.15, -0.1) is 0 Å². The Morgan fingerprint density at radius 2 is 1.63 bits per heavy atom. The summed E-state index contributed by atoms with van der Waals surface area (Å²) in [6.45, 7) is 3.24. The van der Waals surface area contributed by atoms with Crippen LogP contribution in [0, 0.1) is 23.2 Å². The Morgan fingerprint density at radius 1 is 1.04 bits per heavy atom. The van der Waals surface area contributed by atoms with E-state index in [4.69, 9.17) is 17.3 Å². The predicted octanol–water partition coefficient (Wildman–Crippen LogP) is 4.18. The molecule has 4 aliphatic carbocycles. The van der Waals surface area contributed by atoms with Gasteiger partial charge in [-0.3, -0.25) is 4.79 Å². The lowest BCUT2D eigenvalue weighted by atomic mass is 9.49. The van der Waals surface area contributed by atoms with Crippen LogP contribution in [0.1, 0.15) is 44.9 Å². The van der Waals surface area contributed by atoms with E-state index in [1.165, 1.54) is 38.5 Å². The summed E-state index contributed by atoms with van der Waals surface area (Å²) in [6, 6.07) is 5.62. The molecule has 4 saturated carbocycles. The van der Waals surface area contributed by atoms with Crippen molar-refractivity contribution in [1.29, 1.82) is 0 Å². The molecule has 5 heteroatoms. The van der Waals surface area contributed by atoms with Crippen LogP contribution in [-0.4, -0.2) is 37.0 Å². The molecule has 1 heterocycles. The second-order valence-electron chi connectivity index (χ2n) is 9.67. The minimum absolute atomic E-state index is 0.334. The van der Waals surface area contributed by atoms with Gasteiger partial charge in [0.15, 0.2) is 0 Å². The van der Waals surface area contributed by atoms with Crippen LogP contribution in [0.15, 0.2) is 18.2 Å². The molecule has 0 radical (unpaired) electrons. The van der Waals surface area contributed by atoms with Crippen molar-refractivity contribution in [3.05, 3.63) is 23.2 Å². The number of carbonyl (C=O) groups excluding carboxylic acids is 1. The third-order valence-electron chi connectivity index (χ3n) is 7.66. The van der Waals surface area contributed by atoms with Gasteiger partial charge < -0.3 is 15.5 Å². The maximum absolute atomic E-state index is 13.1. The van der Waals surface area contributed by atoms with E-state index in [-0.39, 0.29) is 0 Å². The Bertz CT molecular complexity index is 706. The normalized spacial score (nSPS) is 34.9. The Kier molecular flexibility index (Phi) is 4.30. The summed E-state index contributed by atoms with van der Waals surface area (Å²) in [7, 11) is 0. The van der Waals surface area contributed by atoms with Crippen molar-refractivity contribution in [1.82, 2.24) is 4.90 Å². The summed E-state index contributed by atoms with van der Waals surface area (Å²) >= 11 is 6.14. The van der Waals surface area contributed by atoms with Crippen LogP contribution in [0.25, 0.3) is 0 Å². The number of piperazine rings is 1. The molecule has 1 amide bonds. The highest BCUT2D eigenvalue weighted by Gasteiger charge is 2.51. The minimum Gasteiger partial charge on any atom is -0.397 e. The van der Waals surface area contributed by atoms with Crippen LogP contribution in [0.3, 0.4) is 0 Å². The van der Waals surface area contributed by atoms with Gasteiger partial charge in [-0.25, -0.2) is 0 Å². The third kappa shape index (κ3) is 3.30. The van der Waals surface area contributed by atoms with Crippen LogP contribution in [0.5, 0.6) is 0 Å². The fourth-order valence-electron chi connectivity index (χ4n) is 6.93. The number of carbonyl (C=O) groups is 1. The summed E-state index contributed by atoms with van der Waals surface area (Å²) in [5.74, 6) is 3.11. The van der Waals surface area contributed by atoms with Crippen LogP contribution in [0.2, 0.25) is 5.02 Å². The van der Waals surface area contributed by atoms with Gasteiger partial charge in [0.1, 0.15) is 0 Å². The standard InChI is InChI=1S/C22H30ClN3O/c23-18-1-2-19(24)20(10-18)25-3-5-26(6-4-25)21(27)14-22-11-15-7-16(12-22)9-17(8-15)13-22/h1-2,10,15-17H,3-9,11-14,24H2. The van der Waals surface area contributed by atoms with Crippen LogP contribution in [0.4, 0.5) is 11.4 Å². The number of hydrogen-bond acceptors (Lipinski definition) is 3. The fraction of sp³-hybridized carbons (Fsp3) is 0.682. The number of halogens is 1. The average molecular weight is 388 g/mol. The Balaban J connectivity index is 1.21. The molecule has 5 aliphatic rings. The highest BCUT2D eigenvalue weighted by molar-refractivity contribution is 6.31. The lowest BCUT2D eigenvalue weighted by Gasteiger charge is -2.57. The maximum atomic E-state index is 13.1. The molecule has 0 aromatic heterocycles. The smallest absolute Gasteiger partial charge is 0.223 e. The van der Waals surface area contributed by atoms with E-state index in [0.29, 0.717) is 16.3 Å². The van der Waals surface area contributed by atoms with Crippen LogP contribution >= 0.6 is 11.6 Å². The molecule has 1 aliphatic heterocycles. The SMILES string of the molecule is Nc1ccc(Cl)cc1N1CCN(C(=O)CC23CC4CC(CC(C4)C2)C3)CC1. The highest BCUT2D eigenvalue weighted by Crippen LogP contribution is 2.61. The molecule has 146 valence electrons. The van der Waals surface area contributed by atoms with E-state index >= 15 is 0 Å². The molecular formula is C22H30ClN3O. The van der Waals surface area contributed by atoms with Crippen molar-refractivity contribution in [2.75, 3.05) is 36.8 Å². The van der Waals surface area contributed by atoms with E-state index in [0.717, 1.165) is 61.7 Å². The molecule has 4 nitrogen and oxygen atoms in total. The van der Waals surface area contributed by atoms with E-state index in [1.807, 2.05) is 18.2 Å². The number of nitrogens with two attached hydrogens (primary N) is 1. The Morgan fingerprint density at radius 3 is 2.22 bits per heavy atom. The highest BCUT2D eigenvalue weighted by atomic mass is 35.5. The summed E-state index contributed by atoms with van der Waals surface area (Å²) < 4.78 is 0. The van der Waals surface area contributed by atoms with Crippen molar-refractivity contribution in [2.45, 2.75) is 44.9 Å². The quantitative estimate of drug-likeness (QED) is 0.791. The molecule has 0 unspecified atom stereocenters. The third-order valence-corrected chi connectivity index (χ3v) is 7.89. The summed E-state index contributed by atoms with van der Waals surface area (Å²) in [6.07, 6.45) is 9.03. The van der Waals surface area contributed by atoms with Gasteiger partial charge in [-0.1, -0.05) is 11.6 Å². The molecule has 0 atom stereocenters. The van der Waals surface area contributed by atoms with E-state index in [2.05, 4.69) is 9.80 Å². The molecule has 27 heavy (non-hydrogen) atoms. The topological polar surface area (TPSA) is 49.6 Å². The Labute approximate surface area is 167 Å². The summed E-state index contributed by atoms with van der Waals surface area (Å²) in [4.78, 5) is 17.5. The van der Waals surface area contributed by atoms with Gasteiger partial charge >= 0.3 is 0 Å². The zero-order chi connectivity index (χ0) is 18.6. The number of nitrogens with zero attached hydrogens (tertiary/aromatic N) is 2. The zero-order valence-corrected chi connectivity index (χ0v) is 16.8. The first-order valence-electron chi connectivity index (χ1n) is 10.6. The number of anilines is 2. The average Bonchev–Trinajstić information content (AvgIpc) is 2.62. The van der Waals surface area contributed by atoms with Crippen molar-refractivity contribution >= 4 is 28.9 Å². The second-order valence-corrected chi connectivity index (χ2v) is 10.1. The molecule has 4 bridgehead atoms. The molecule has 5 fully saturated rings. The molecule has 2 N–H and O–H groups in total. The van der Waals surface area contributed by atoms with Gasteiger partial charge in [0.05, 0.1) is 11.4 Å². The van der Waals surface area contributed by atoms with Gasteiger partial charge in [0.25, 0.3) is 0 Å². The lowest BCUT2D eigenvalue weighted by molar-refractivity contribution is -0.139. The lowest BCUT2D eigenvalue weighted by Crippen LogP contribution is -2.52. The van der Waals surface area contributed by atoms with Gasteiger partial charge in [-0.05, 0) is 79.9 Å². The van der Waals surface area contributed by atoms with E-state index in [9.17, 15) is 4.79 Å². The zero-order valence-electron chi connectivity index (χ0n) is 16.0. The van der Waals surface area contributed by atoms with Crippen molar-refractivity contribution in [3.63, 3.8) is 0 Å².